The van der Waals surface area contributed by atoms with E-state index in [1.165, 1.54) is 0 Å². The van der Waals surface area contributed by atoms with Gasteiger partial charge in [0.15, 0.2) is 0 Å². The average molecular weight is 282 g/mol. The van der Waals surface area contributed by atoms with E-state index in [2.05, 4.69) is 12.7 Å². The zero-order valence-corrected chi connectivity index (χ0v) is 11.3. The molecule has 0 atom stereocenters. The van der Waals surface area contributed by atoms with Crippen molar-refractivity contribution in [2.24, 2.45) is 0 Å². The number of benzene rings is 1. The van der Waals surface area contributed by atoms with Crippen molar-refractivity contribution in [2.45, 2.75) is 6.42 Å². The molecule has 1 heterocycles. The summed E-state index contributed by atoms with van der Waals surface area (Å²) in [5.41, 5.74) is 0.988. The van der Waals surface area contributed by atoms with Crippen molar-refractivity contribution in [1.29, 1.82) is 0 Å². The fraction of sp³-hybridized carbons (Fsp3) is 0.214. The number of nitrogens with zero attached hydrogens (tertiary/aromatic N) is 1. The van der Waals surface area contributed by atoms with Crippen LogP contribution in [-0.4, -0.2) is 23.9 Å². The molecular weight excluding hydrogens is 269 g/mol. The molecule has 0 spiro atoms. The smallest absolute Gasteiger partial charge is 0.254 e. The molecule has 4 heteroatoms. The summed E-state index contributed by atoms with van der Waals surface area (Å²) in [4.78, 5) is 14.0. The van der Waals surface area contributed by atoms with Crippen LogP contribution in [0.15, 0.2) is 36.9 Å². The van der Waals surface area contributed by atoms with Crippen LogP contribution in [0.5, 0.6) is 0 Å². The van der Waals surface area contributed by atoms with Crippen LogP contribution in [0.25, 0.3) is 5.57 Å². The second-order valence-corrected chi connectivity index (χ2v) is 4.88. The zero-order valence-electron chi connectivity index (χ0n) is 9.83. The molecule has 2 nitrogen and oxygen atoms in total. The molecule has 2 rings (SSSR count). The second-order valence-electron chi connectivity index (χ2n) is 4.09. The van der Waals surface area contributed by atoms with E-state index < -0.39 is 0 Å². The van der Waals surface area contributed by atoms with Crippen LogP contribution in [0.1, 0.15) is 12.0 Å². The predicted molar refractivity (Wildman–Crippen MR) is 75.8 cm³/mol. The normalized spacial score (nSPS) is 14.7. The maximum absolute atomic E-state index is 12.3. The van der Waals surface area contributed by atoms with Crippen LogP contribution in [0.2, 0.25) is 10.0 Å². The molecule has 1 aromatic carbocycles. The molecule has 0 radical (unpaired) electrons. The van der Waals surface area contributed by atoms with E-state index in [0.717, 1.165) is 6.42 Å². The Labute approximate surface area is 116 Å². The molecule has 1 amide bonds. The summed E-state index contributed by atoms with van der Waals surface area (Å²) >= 11 is 12.0. The zero-order chi connectivity index (χ0) is 13.1. The highest BCUT2D eigenvalue weighted by atomic mass is 35.5. The minimum Gasteiger partial charge on any atom is -0.335 e. The van der Waals surface area contributed by atoms with Crippen LogP contribution in [0, 0.1) is 0 Å². The van der Waals surface area contributed by atoms with Gasteiger partial charge in [0.1, 0.15) is 0 Å². The highest BCUT2D eigenvalue weighted by molar-refractivity contribution is 6.44. The lowest BCUT2D eigenvalue weighted by Gasteiger charge is -2.24. The van der Waals surface area contributed by atoms with Gasteiger partial charge in [0, 0.05) is 24.2 Å². The van der Waals surface area contributed by atoms with Crippen molar-refractivity contribution >= 4 is 34.7 Å². The van der Waals surface area contributed by atoms with Crippen LogP contribution >= 0.6 is 23.2 Å². The Hall–Kier alpha value is -1.25. The molecule has 0 unspecified atom stereocenters. The Balaban J connectivity index is 2.23. The number of halogens is 2. The van der Waals surface area contributed by atoms with Gasteiger partial charge >= 0.3 is 0 Å². The molecule has 1 aliphatic heterocycles. The molecule has 0 N–H and O–H groups in total. The van der Waals surface area contributed by atoms with E-state index in [-0.39, 0.29) is 5.91 Å². The Morgan fingerprint density at radius 1 is 1.28 bits per heavy atom. The first-order chi connectivity index (χ1) is 8.61. The van der Waals surface area contributed by atoms with Gasteiger partial charge in [-0.05, 0) is 12.5 Å². The summed E-state index contributed by atoms with van der Waals surface area (Å²) in [5.74, 6) is -0.0940. The topological polar surface area (TPSA) is 20.3 Å². The summed E-state index contributed by atoms with van der Waals surface area (Å²) < 4.78 is 0. The van der Waals surface area contributed by atoms with Gasteiger partial charge in [0.2, 0.25) is 0 Å². The molecule has 0 aliphatic carbocycles. The fourth-order valence-corrected chi connectivity index (χ4v) is 2.28. The third kappa shape index (κ3) is 2.60. The van der Waals surface area contributed by atoms with Gasteiger partial charge in [-0.3, -0.25) is 4.79 Å². The first-order valence-electron chi connectivity index (χ1n) is 5.69. The van der Waals surface area contributed by atoms with E-state index in [9.17, 15) is 4.79 Å². The van der Waals surface area contributed by atoms with Gasteiger partial charge in [0.25, 0.3) is 5.91 Å². The Morgan fingerprint density at radius 2 is 2.06 bits per heavy atom. The van der Waals surface area contributed by atoms with Crippen molar-refractivity contribution in [3.8, 4) is 0 Å². The monoisotopic (exact) mass is 281 g/mol. The lowest BCUT2D eigenvalue weighted by Crippen LogP contribution is -2.34. The van der Waals surface area contributed by atoms with Crippen LogP contribution in [-0.2, 0) is 4.79 Å². The summed E-state index contributed by atoms with van der Waals surface area (Å²) in [6.07, 6.45) is 4.93. The van der Waals surface area contributed by atoms with E-state index in [4.69, 9.17) is 23.2 Å². The molecule has 0 fully saturated rings. The number of amides is 1. The first kappa shape index (κ1) is 13.2. The van der Waals surface area contributed by atoms with Gasteiger partial charge in [-0.25, -0.2) is 0 Å². The van der Waals surface area contributed by atoms with Gasteiger partial charge in [-0.15, -0.1) is 0 Å². The molecule has 18 heavy (non-hydrogen) atoms. The number of hydrogen-bond acceptors (Lipinski definition) is 1. The minimum atomic E-state index is -0.0940. The first-order valence-corrected chi connectivity index (χ1v) is 6.44. The Morgan fingerprint density at radius 3 is 2.72 bits per heavy atom. The number of rotatable bonds is 2. The molecule has 94 valence electrons. The highest BCUT2D eigenvalue weighted by Crippen LogP contribution is 2.30. The van der Waals surface area contributed by atoms with Crippen molar-refractivity contribution in [3.63, 3.8) is 0 Å². The summed E-state index contributed by atoms with van der Waals surface area (Å²) in [6.45, 7) is 5.18. The van der Waals surface area contributed by atoms with Crippen molar-refractivity contribution in [2.75, 3.05) is 13.1 Å². The lowest BCUT2D eigenvalue weighted by atomic mass is 10.1. The SMILES string of the molecule is C=C(C(=O)N1CC=CCC1)c1cccc(Cl)c1Cl. The molecule has 0 aromatic heterocycles. The van der Waals surface area contributed by atoms with E-state index in [0.29, 0.717) is 34.3 Å². The predicted octanol–water partition coefficient (Wildman–Crippen LogP) is 3.80. The van der Waals surface area contributed by atoms with Gasteiger partial charge in [-0.2, -0.15) is 0 Å². The number of carbonyl (C=O) groups excluding carboxylic acids is 1. The van der Waals surface area contributed by atoms with Crippen LogP contribution in [0.4, 0.5) is 0 Å². The minimum absolute atomic E-state index is 0.0940. The van der Waals surface area contributed by atoms with Gasteiger partial charge in [-0.1, -0.05) is 54.1 Å². The van der Waals surface area contributed by atoms with Crippen LogP contribution < -0.4 is 0 Å². The third-order valence-corrected chi connectivity index (χ3v) is 3.70. The molecule has 1 aromatic rings. The van der Waals surface area contributed by atoms with E-state index >= 15 is 0 Å². The maximum atomic E-state index is 12.3. The largest absolute Gasteiger partial charge is 0.335 e. The summed E-state index contributed by atoms with van der Waals surface area (Å²) in [5, 5.41) is 0.812. The average Bonchev–Trinajstić information content (AvgIpc) is 2.41. The number of hydrogen-bond donors (Lipinski definition) is 0. The number of carbonyl (C=O) groups is 1. The Kier molecular flexibility index (Phi) is 4.10. The van der Waals surface area contributed by atoms with Crippen LogP contribution in [0.3, 0.4) is 0 Å². The highest BCUT2D eigenvalue weighted by Gasteiger charge is 2.20. The molecule has 0 saturated heterocycles. The fourth-order valence-electron chi connectivity index (χ4n) is 1.87. The lowest BCUT2D eigenvalue weighted by molar-refractivity contribution is -0.124. The van der Waals surface area contributed by atoms with Gasteiger partial charge in [0.05, 0.1) is 10.0 Å². The van der Waals surface area contributed by atoms with Crippen molar-refractivity contribution in [3.05, 3.63) is 52.5 Å². The van der Waals surface area contributed by atoms with E-state index in [1.54, 1.807) is 23.1 Å². The molecule has 0 bridgehead atoms. The third-order valence-electron chi connectivity index (χ3n) is 2.88. The van der Waals surface area contributed by atoms with E-state index in [1.807, 2.05) is 6.08 Å². The molecule has 1 aliphatic rings. The Bertz CT molecular complexity index is 523. The van der Waals surface area contributed by atoms with Crippen molar-refractivity contribution in [1.82, 2.24) is 4.90 Å². The summed E-state index contributed by atoms with van der Waals surface area (Å²) in [6, 6.07) is 5.21. The summed E-state index contributed by atoms with van der Waals surface area (Å²) in [7, 11) is 0. The molecular formula is C14H13Cl2NO. The maximum Gasteiger partial charge on any atom is 0.254 e. The van der Waals surface area contributed by atoms with Gasteiger partial charge < -0.3 is 4.90 Å². The standard InChI is InChI=1S/C14H13Cl2NO/c1-10(11-6-5-7-12(15)13(11)16)14(18)17-8-3-2-4-9-17/h2-3,5-7H,1,4,8-9H2. The second kappa shape index (κ2) is 5.59. The quantitative estimate of drug-likeness (QED) is 0.597. The molecule has 0 saturated carbocycles. The van der Waals surface area contributed by atoms with Crippen molar-refractivity contribution < 1.29 is 4.79 Å².